The Hall–Kier alpha value is -4.18. The van der Waals surface area contributed by atoms with Gasteiger partial charge in [0.15, 0.2) is 0 Å². The topological polar surface area (TPSA) is 63.4 Å². The number of hydrogen-bond acceptors (Lipinski definition) is 2. The standard InChI is InChI=1S/C27H20N2O2/c28-26(30)22-14-8-15-23(25(22)18-9-2-1-3-10-18)27(31)29-17-19-11-4-5-12-20(19)21-13-6-7-16-24(21)29/h1-16H,17H2,(H2,28,30). The van der Waals surface area contributed by atoms with Gasteiger partial charge in [-0.15, -0.1) is 0 Å². The van der Waals surface area contributed by atoms with Gasteiger partial charge in [-0.2, -0.15) is 0 Å². The normalized spacial score (nSPS) is 12.1. The lowest BCUT2D eigenvalue weighted by atomic mass is 9.90. The number of anilines is 1. The first-order valence-corrected chi connectivity index (χ1v) is 10.1. The molecule has 4 nitrogen and oxygen atoms in total. The van der Waals surface area contributed by atoms with Crippen molar-refractivity contribution in [1.29, 1.82) is 0 Å². The second-order valence-electron chi connectivity index (χ2n) is 7.52. The van der Waals surface area contributed by atoms with Crippen molar-refractivity contribution in [1.82, 2.24) is 0 Å². The largest absolute Gasteiger partial charge is 0.366 e. The molecule has 0 atom stereocenters. The Bertz CT molecular complexity index is 1310. The second kappa shape index (κ2) is 7.58. The van der Waals surface area contributed by atoms with Crippen molar-refractivity contribution >= 4 is 17.5 Å². The summed E-state index contributed by atoms with van der Waals surface area (Å²) in [4.78, 5) is 27.9. The smallest absolute Gasteiger partial charge is 0.259 e. The summed E-state index contributed by atoms with van der Waals surface area (Å²) in [6.07, 6.45) is 0. The summed E-state index contributed by atoms with van der Waals surface area (Å²) in [6.45, 7) is 0.459. The van der Waals surface area contributed by atoms with Gasteiger partial charge in [-0.05, 0) is 34.9 Å². The number of nitrogens with zero attached hydrogens (tertiary/aromatic N) is 1. The van der Waals surface area contributed by atoms with Gasteiger partial charge in [-0.25, -0.2) is 0 Å². The number of nitrogens with two attached hydrogens (primary N) is 1. The Kier molecular flexibility index (Phi) is 4.60. The maximum atomic E-state index is 13.9. The number of benzene rings is 4. The average Bonchev–Trinajstić information content (AvgIpc) is 2.83. The van der Waals surface area contributed by atoms with Crippen molar-refractivity contribution < 1.29 is 9.59 Å². The first-order chi connectivity index (χ1) is 15.1. The number of primary amides is 1. The summed E-state index contributed by atoms with van der Waals surface area (Å²) >= 11 is 0. The van der Waals surface area contributed by atoms with Gasteiger partial charge < -0.3 is 10.6 Å². The Morgan fingerprint density at radius 3 is 2.10 bits per heavy atom. The van der Waals surface area contributed by atoms with Gasteiger partial charge in [-0.3, -0.25) is 9.59 Å². The number of rotatable bonds is 3. The van der Waals surface area contributed by atoms with Crippen molar-refractivity contribution in [3.8, 4) is 22.3 Å². The molecular weight excluding hydrogens is 384 g/mol. The van der Waals surface area contributed by atoms with Crippen LogP contribution in [0.25, 0.3) is 22.3 Å². The predicted molar refractivity (Wildman–Crippen MR) is 123 cm³/mol. The quantitative estimate of drug-likeness (QED) is 0.505. The third-order valence-electron chi connectivity index (χ3n) is 5.70. The predicted octanol–water partition coefficient (Wildman–Crippen LogP) is 5.28. The van der Waals surface area contributed by atoms with Crippen molar-refractivity contribution in [2.45, 2.75) is 6.54 Å². The molecule has 0 spiro atoms. The van der Waals surface area contributed by atoms with E-state index in [0.717, 1.165) is 27.9 Å². The van der Waals surface area contributed by atoms with E-state index in [2.05, 4.69) is 6.07 Å². The molecule has 0 aliphatic carbocycles. The molecule has 5 rings (SSSR count). The molecule has 4 aromatic carbocycles. The highest BCUT2D eigenvalue weighted by atomic mass is 16.2. The summed E-state index contributed by atoms with van der Waals surface area (Å²) < 4.78 is 0. The monoisotopic (exact) mass is 404 g/mol. The van der Waals surface area contributed by atoms with Crippen molar-refractivity contribution in [3.05, 3.63) is 114 Å². The number of carbonyl (C=O) groups excluding carboxylic acids is 2. The number of carbonyl (C=O) groups is 2. The van der Waals surface area contributed by atoms with Crippen LogP contribution in [0.1, 0.15) is 26.3 Å². The molecule has 31 heavy (non-hydrogen) atoms. The van der Waals surface area contributed by atoms with Crippen LogP contribution in [0, 0.1) is 0 Å². The van der Waals surface area contributed by atoms with Gasteiger partial charge in [0.25, 0.3) is 5.91 Å². The van der Waals surface area contributed by atoms with Crippen molar-refractivity contribution in [2.75, 3.05) is 4.90 Å². The molecule has 1 aliphatic heterocycles. The fourth-order valence-electron chi connectivity index (χ4n) is 4.29. The zero-order valence-electron chi connectivity index (χ0n) is 16.8. The first kappa shape index (κ1) is 18.8. The van der Waals surface area contributed by atoms with Gasteiger partial charge in [0.2, 0.25) is 5.91 Å². The molecule has 2 N–H and O–H groups in total. The summed E-state index contributed by atoms with van der Waals surface area (Å²) in [5, 5.41) is 0. The van der Waals surface area contributed by atoms with Gasteiger partial charge in [-0.1, -0.05) is 78.9 Å². The highest BCUT2D eigenvalue weighted by Crippen LogP contribution is 2.40. The van der Waals surface area contributed by atoms with E-state index in [9.17, 15) is 9.59 Å². The van der Waals surface area contributed by atoms with Crippen molar-refractivity contribution in [2.24, 2.45) is 5.73 Å². The molecule has 0 saturated heterocycles. The Morgan fingerprint density at radius 2 is 1.32 bits per heavy atom. The molecule has 0 bridgehead atoms. The van der Waals surface area contributed by atoms with E-state index < -0.39 is 5.91 Å². The highest BCUT2D eigenvalue weighted by Gasteiger charge is 2.29. The third-order valence-corrected chi connectivity index (χ3v) is 5.70. The third kappa shape index (κ3) is 3.19. The zero-order chi connectivity index (χ0) is 21.4. The van der Waals surface area contributed by atoms with E-state index in [1.54, 1.807) is 23.1 Å². The van der Waals surface area contributed by atoms with E-state index in [1.807, 2.05) is 72.8 Å². The number of hydrogen-bond donors (Lipinski definition) is 1. The van der Waals surface area contributed by atoms with Crippen LogP contribution in [0.5, 0.6) is 0 Å². The van der Waals surface area contributed by atoms with Crippen LogP contribution in [0.2, 0.25) is 0 Å². The van der Waals surface area contributed by atoms with Crippen LogP contribution in [0.3, 0.4) is 0 Å². The van der Waals surface area contributed by atoms with Gasteiger partial charge in [0.05, 0.1) is 12.2 Å². The molecule has 1 heterocycles. The summed E-state index contributed by atoms with van der Waals surface area (Å²) in [5.74, 6) is -0.721. The van der Waals surface area contributed by atoms with E-state index in [0.29, 0.717) is 23.2 Å². The highest BCUT2D eigenvalue weighted by molar-refractivity contribution is 6.15. The molecular formula is C27H20N2O2. The maximum absolute atomic E-state index is 13.9. The molecule has 0 aromatic heterocycles. The van der Waals surface area contributed by atoms with Crippen LogP contribution in [0.4, 0.5) is 5.69 Å². The summed E-state index contributed by atoms with van der Waals surface area (Å²) in [5.41, 5.74) is 11.9. The Balaban J connectivity index is 1.69. The number of fused-ring (bicyclic) bond motifs is 3. The summed E-state index contributed by atoms with van der Waals surface area (Å²) in [6, 6.07) is 30.6. The minimum absolute atomic E-state index is 0.163. The number of amides is 2. The summed E-state index contributed by atoms with van der Waals surface area (Å²) in [7, 11) is 0. The molecule has 1 aliphatic rings. The zero-order valence-corrected chi connectivity index (χ0v) is 16.8. The average molecular weight is 404 g/mol. The van der Waals surface area contributed by atoms with E-state index in [4.69, 9.17) is 5.73 Å². The lowest BCUT2D eigenvalue weighted by molar-refractivity contribution is 0.0985. The van der Waals surface area contributed by atoms with Gasteiger partial charge in [0, 0.05) is 22.3 Å². The molecule has 150 valence electrons. The van der Waals surface area contributed by atoms with Crippen LogP contribution >= 0.6 is 0 Å². The maximum Gasteiger partial charge on any atom is 0.259 e. The minimum atomic E-state index is -0.558. The minimum Gasteiger partial charge on any atom is -0.366 e. The second-order valence-corrected chi connectivity index (χ2v) is 7.52. The fourth-order valence-corrected chi connectivity index (χ4v) is 4.29. The Labute approximate surface area is 180 Å². The van der Waals surface area contributed by atoms with Crippen molar-refractivity contribution in [3.63, 3.8) is 0 Å². The lowest BCUT2D eigenvalue weighted by Gasteiger charge is -2.32. The molecule has 0 radical (unpaired) electrons. The van der Waals surface area contributed by atoms with Crippen LogP contribution < -0.4 is 10.6 Å². The van der Waals surface area contributed by atoms with E-state index >= 15 is 0 Å². The van der Waals surface area contributed by atoms with Crippen LogP contribution in [-0.2, 0) is 6.54 Å². The molecule has 4 aromatic rings. The molecule has 2 amide bonds. The van der Waals surface area contributed by atoms with Crippen LogP contribution in [-0.4, -0.2) is 11.8 Å². The van der Waals surface area contributed by atoms with Gasteiger partial charge >= 0.3 is 0 Å². The first-order valence-electron chi connectivity index (χ1n) is 10.1. The molecule has 0 fully saturated rings. The molecule has 4 heteroatoms. The lowest BCUT2D eigenvalue weighted by Crippen LogP contribution is -2.33. The molecule has 0 saturated carbocycles. The van der Waals surface area contributed by atoms with Gasteiger partial charge in [0.1, 0.15) is 0 Å². The van der Waals surface area contributed by atoms with E-state index in [1.165, 1.54) is 0 Å². The molecule has 0 unspecified atom stereocenters. The fraction of sp³-hybridized carbons (Fsp3) is 0.0370. The SMILES string of the molecule is NC(=O)c1cccc(C(=O)N2Cc3ccccc3-c3ccccc32)c1-c1ccccc1. The number of para-hydroxylation sites is 1. The Morgan fingerprint density at radius 1 is 0.677 bits per heavy atom. The van der Waals surface area contributed by atoms with E-state index in [-0.39, 0.29) is 5.91 Å². The van der Waals surface area contributed by atoms with Crippen LogP contribution in [0.15, 0.2) is 97.1 Å².